The Morgan fingerprint density at radius 3 is 2.44 bits per heavy atom. The highest BCUT2D eigenvalue weighted by Gasteiger charge is 2.52. The number of hydrogen-bond donors (Lipinski definition) is 0. The number of nitrogens with zero attached hydrogens (tertiary/aromatic N) is 2. The minimum absolute atomic E-state index is 0.0315. The van der Waals surface area contributed by atoms with E-state index < -0.39 is 0 Å². The molecule has 3 aliphatic rings. The van der Waals surface area contributed by atoms with Gasteiger partial charge in [0.2, 0.25) is 0 Å². The van der Waals surface area contributed by atoms with Gasteiger partial charge in [-0.1, -0.05) is 12.2 Å². The Balaban J connectivity index is 1.84. The van der Waals surface area contributed by atoms with Crippen molar-refractivity contribution in [1.82, 2.24) is 0 Å². The SMILES string of the molecule is CC1(C)OB(C2=C[C@H]3N=CN=C3C=C2)OC1(C)C. The van der Waals surface area contributed by atoms with Crippen LogP contribution >= 0.6 is 0 Å². The average Bonchev–Trinajstić information content (AvgIpc) is 2.80. The molecule has 0 aromatic carbocycles. The Hall–Kier alpha value is -1.20. The number of allylic oxidation sites excluding steroid dienone is 2. The summed E-state index contributed by atoms with van der Waals surface area (Å²) in [7, 11) is -0.316. The first-order valence-corrected chi connectivity index (χ1v) is 6.24. The highest BCUT2D eigenvalue weighted by molar-refractivity contribution is 6.56. The molecule has 1 fully saturated rings. The summed E-state index contributed by atoms with van der Waals surface area (Å²) < 4.78 is 12.0. The smallest absolute Gasteiger partial charge is 0.399 e. The quantitative estimate of drug-likeness (QED) is 0.662. The van der Waals surface area contributed by atoms with Gasteiger partial charge in [-0.05, 0) is 39.2 Å². The predicted molar refractivity (Wildman–Crippen MR) is 73.0 cm³/mol. The van der Waals surface area contributed by atoms with E-state index in [1.165, 1.54) is 0 Å². The van der Waals surface area contributed by atoms with Crippen LogP contribution in [0.25, 0.3) is 0 Å². The fourth-order valence-corrected chi connectivity index (χ4v) is 2.15. The van der Waals surface area contributed by atoms with Crippen LogP contribution in [0.1, 0.15) is 27.7 Å². The fraction of sp³-hybridized carbons (Fsp3) is 0.538. The molecule has 0 radical (unpaired) electrons. The Morgan fingerprint density at radius 2 is 1.78 bits per heavy atom. The molecule has 0 aromatic rings. The topological polar surface area (TPSA) is 43.2 Å². The number of hydrogen-bond acceptors (Lipinski definition) is 4. The first kappa shape index (κ1) is 11.9. The lowest BCUT2D eigenvalue weighted by atomic mass is 9.75. The maximum atomic E-state index is 6.02. The summed E-state index contributed by atoms with van der Waals surface area (Å²) in [4.78, 5) is 8.47. The third-order valence-corrected chi connectivity index (χ3v) is 4.06. The van der Waals surface area contributed by atoms with Crippen molar-refractivity contribution in [2.75, 3.05) is 0 Å². The Labute approximate surface area is 108 Å². The van der Waals surface area contributed by atoms with Crippen LogP contribution in [0.3, 0.4) is 0 Å². The lowest BCUT2D eigenvalue weighted by molar-refractivity contribution is 0.00578. The van der Waals surface area contributed by atoms with Gasteiger partial charge >= 0.3 is 7.12 Å². The molecule has 1 atom stereocenters. The van der Waals surface area contributed by atoms with Crippen molar-refractivity contribution in [3.05, 3.63) is 23.7 Å². The summed E-state index contributed by atoms with van der Waals surface area (Å²) in [5, 5.41) is 0. The lowest BCUT2D eigenvalue weighted by Gasteiger charge is -2.32. The van der Waals surface area contributed by atoms with E-state index in [9.17, 15) is 0 Å². The van der Waals surface area contributed by atoms with E-state index in [0.717, 1.165) is 11.2 Å². The average molecular weight is 244 g/mol. The summed E-state index contributed by atoms with van der Waals surface area (Å²) in [5.41, 5.74) is 1.39. The van der Waals surface area contributed by atoms with Gasteiger partial charge in [-0.25, -0.2) is 4.99 Å². The van der Waals surface area contributed by atoms with Gasteiger partial charge in [-0.15, -0.1) is 0 Å². The van der Waals surface area contributed by atoms with Crippen LogP contribution in [0.2, 0.25) is 0 Å². The molecule has 5 heteroatoms. The second-order valence-electron chi connectivity index (χ2n) is 5.85. The van der Waals surface area contributed by atoms with Crippen LogP contribution in [0.15, 0.2) is 33.7 Å². The molecule has 0 amide bonds. The molecule has 94 valence electrons. The van der Waals surface area contributed by atoms with Crippen molar-refractivity contribution in [2.45, 2.75) is 44.9 Å². The van der Waals surface area contributed by atoms with Crippen molar-refractivity contribution >= 4 is 19.2 Å². The molecular formula is C13H17BN2O2. The number of fused-ring (bicyclic) bond motifs is 1. The van der Waals surface area contributed by atoms with Crippen molar-refractivity contribution in [1.29, 1.82) is 0 Å². The van der Waals surface area contributed by atoms with Gasteiger partial charge in [0, 0.05) is 0 Å². The van der Waals surface area contributed by atoms with Crippen LogP contribution < -0.4 is 0 Å². The van der Waals surface area contributed by atoms with Gasteiger partial charge in [0.25, 0.3) is 0 Å². The molecule has 0 spiro atoms. The first-order chi connectivity index (χ1) is 8.39. The fourth-order valence-electron chi connectivity index (χ4n) is 2.15. The molecule has 0 N–H and O–H groups in total. The molecule has 1 saturated heterocycles. The van der Waals surface area contributed by atoms with Crippen molar-refractivity contribution in [2.24, 2.45) is 9.98 Å². The van der Waals surface area contributed by atoms with Gasteiger partial charge in [0.1, 0.15) is 12.4 Å². The zero-order valence-corrected chi connectivity index (χ0v) is 11.2. The van der Waals surface area contributed by atoms with E-state index in [1.807, 2.05) is 12.2 Å². The van der Waals surface area contributed by atoms with Gasteiger partial charge in [-0.2, -0.15) is 0 Å². The van der Waals surface area contributed by atoms with Gasteiger partial charge in [-0.3, -0.25) is 4.99 Å². The van der Waals surface area contributed by atoms with Crippen molar-refractivity contribution in [3.8, 4) is 0 Å². The first-order valence-electron chi connectivity index (χ1n) is 6.24. The molecule has 0 unspecified atom stereocenters. The lowest BCUT2D eigenvalue weighted by Crippen LogP contribution is -2.41. The maximum Gasteiger partial charge on any atom is 0.494 e. The van der Waals surface area contributed by atoms with E-state index in [1.54, 1.807) is 6.34 Å². The molecule has 2 heterocycles. The molecule has 0 aromatic heterocycles. The largest absolute Gasteiger partial charge is 0.494 e. The normalized spacial score (nSPS) is 31.3. The minimum atomic E-state index is -0.316. The summed E-state index contributed by atoms with van der Waals surface area (Å²) >= 11 is 0. The highest BCUT2D eigenvalue weighted by atomic mass is 16.7. The summed E-state index contributed by atoms with van der Waals surface area (Å²) in [5.74, 6) is 0. The predicted octanol–water partition coefficient (Wildman–Crippen LogP) is 1.97. The van der Waals surface area contributed by atoms with E-state index >= 15 is 0 Å². The molecule has 0 bridgehead atoms. The third-order valence-electron chi connectivity index (χ3n) is 4.06. The highest BCUT2D eigenvalue weighted by Crippen LogP contribution is 2.39. The van der Waals surface area contributed by atoms with E-state index in [0.29, 0.717) is 0 Å². The summed E-state index contributed by atoms with van der Waals surface area (Å²) in [6.45, 7) is 8.23. The Morgan fingerprint density at radius 1 is 1.11 bits per heavy atom. The van der Waals surface area contributed by atoms with Crippen molar-refractivity contribution < 1.29 is 9.31 Å². The Bertz CT molecular complexity index is 487. The van der Waals surface area contributed by atoms with Gasteiger partial charge < -0.3 is 9.31 Å². The monoisotopic (exact) mass is 244 g/mol. The van der Waals surface area contributed by atoms with Crippen LogP contribution in [-0.2, 0) is 9.31 Å². The van der Waals surface area contributed by atoms with Crippen LogP contribution in [0.5, 0.6) is 0 Å². The standard InChI is InChI=1S/C13H17BN2O2/c1-12(2)13(3,4)18-14(17-12)9-5-6-10-11(7-9)16-8-15-10/h5-8,11H,1-4H3/t11-/m1/s1. The Kier molecular flexibility index (Phi) is 2.41. The second-order valence-corrected chi connectivity index (χ2v) is 5.85. The van der Waals surface area contributed by atoms with Gasteiger partial charge in [0.15, 0.2) is 0 Å². The maximum absolute atomic E-state index is 6.02. The molecule has 18 heavy (non-hydrogen) atoms. The van der Waals surface area contributed by atoms with E-state index in [4.69, 9.17) is 9.31 Å². The minimum Gasteiger partial charge on any atom is -0.399 e. The van der Waals surface area contributed by atoms with Crippen molar-refractivity contribution in [3.63, 3.8) is 0 Å². The molecule has 4 nitrogen and oxygen atoms in total. The molecule has 2 aliphatic heterocycles. The zero-order valence-electron chi connectivity index (χ0n) is 11.2. The second kappa shape index (κ2) is 3.65. The van der Waals surface area contributed by atoms with E-state index in [2.05, 4.69) is 43.8 Å². The van der Waals surface area contributed by atoms with Gasteiger partial charge in [0.05, 0.1) is 16.9 Å². The van der Waals surface area contributed by atoms with Crippen LogP contribution in [0.4, 0.5) is 0 Å². The number of aliphatic imine (C=N–C) groups is 2. The number of rotatable bonds is 1. The molecule has 3 rings (SSSR count). The molecule has 1 aliphatic carbocycles. The van der Waals surface area contributed by atoms with Crippen LogP contribution in [0, 0.1) is 0 Å². The van der Waals surface area contributed by atoms with E-state index in [-0.39, 0.29) is 24.4 Å². The van der Waals surface area contributed by atoms with Crippen LogP contribution in [-0.4, -0.2) is 36.4 Å². The molecular weight excluding hydrogens is 227 g/mol. The third kappa shape index (κ3) is 1.69. The summed E-state index contributed by atoms with van der Waals surface area (Å²) in [6.07, 6.45) is 7.66. The zero-order chi connectivity index (χ0) is 13.0. The summed E-state index contributed by atoms with van der Waals surface area (Å²) in [6, 6.07) is 0.0315. The molecule has 0 saturated carbocycles.